The van der Waals surface area contributed by atoms with E-state index in [1.54, 1.807) is 12.1 Å². The fraction of sp³-hybridized carbons (Fsp3) is 0.0526. The van der Waals surface area contributed by atoms with Gasteiger partial charge >= 0.3 is 0 Å². The molecule has 2 heterocycles. The number of aryl methyl sites for hydroxylation is 1. The standard InChI is InChI=1S/C19H14ClN3OS/c1-11-9-13(24)7-8-15(11)21-17-16-14(12-5-3-2-4-6-12)10-25-18(16)23-19(20)22-17/h2-10,24H,1H3,(H,21,22,23). The molecule has 2 aromatic carbocycles. The molecule has 0 saturated heterocycles. The van der Waals surface area contributed by atoms with Crippen molar-refractivity contribution < 1.29 is 5.11 Å². The third-order valence-corrected chi connectivity index (χ3v) is 5.00. The highest BCUT2D eigenvalue weighted by Gasteiger charge is 2.15. The molecule has 2 aromatic heterocycles. The highest BCUT2D eigenvalue weighted by Crippen LogP contribution is 2.38. The zero-order chi connectivity index (χ0) is 17.4. The van der Waals surface area contributed by atoms with E-state index in [0.717, 1.165) is 32.6 Å². The molecule has 6 heteroatoms. The molecule has 0 saturated carbocycles. The van der Waals surface area contributed by atoms with Gasteiger partial charge in [-0.1, -0.05) is 30.3 Å². The first kappa shape index (κ1) is 15.9. The van der Waals surface area contributed by atoms with Crippen molar-refractivity contribution in [2.24, 2.45) is 0 Å². The van der Waals surface area contributed by atoms with Gasteiger partial charge in [-0.05, 0) is 47.9 Å². The minimum absolute atomic E-state index is 0.202. The number of thiophene rings is 1. The molecule has 0 spiro atoms. The van der Waals surface area contributed by atoms with Crippen LogP contribution in [-0.4, -0.2) is 15.1 Å². The molecule has 0 aliphatic heterocycles. The molecule has 4 rings (SSSR count). The van der Waals surface area contributed by atoms with Crippen molar-refractivity contribution in [1.82, 2.24) is 9.97 Å². The van der Waals surface area contributed by atoms with Crippen molar-refractivity contribution in [2.45, 2.75) is 6.92 Å². The number of benzene rings is 2. The second-order valence-corrected chi connectivity index (χ2v) is 6.86. The Balaban J connectivity index is 1.89. The lowest BCUT2D eigenvalue weighted by molar-refractivity contribution is 0.475. The van der Waals surface area contributed by atoms with Crippen LogP contribution in [0.15, 0.2) is 53.9 Å². The van der Waals surface area contributed by atoms with Crippen LogP contribution >= 0.6 is 22.9 Å². The van der Waals surface area contributed by atoms with Crippen LogP contribution in [0.2, 0.25) is 5.28 Å². The lowest BCUT2D eigenvalue weighted by Crippen LogP contribution is -1.98. The van der Waals surface area contributed by atoms with Crippen molar-refractivity contribution in [2.75, 3.05) is 5.32 Å². The molecule has 0 unspecified atom stereocenters. The summed E-state index contributed by atoms with van der Waals surface area (Å²) >= 11 is 7.65. The van der Waals surface area contributed by atoms with Crippen LogP contribution in [-0.2, 0) is 0 Å². The zero-order valence-corrected chi connectivity index (χ0v) is 14.9. The summed E-state index contributed by atoms with van der Waals surface area (Å²) in [5.41, 5.74) is 3.94. The average Bonchev–Trinajstić information content (AvgIpc) is 3.02. The molecule has 4 nitrogen and oxygen atoms in total. The summed E-state index contributed by atoms with van der Waals surface area (Å²) in [6.07, 6.45) is 0. The monoisotopic (exact) mass is 367 g/mol. The maximum atomic E-state index is 9.61. The van der Waals surface area contributed by atoms with E-state index < -0.39 is 0 Å². The molecular formula is C19H14ClN3OS. The van der Waals surface area contributed by atoms with Crippen molar-refractivity contribution in [1.29, 1.82) is 0 Å². The molecule has 0 radical (unpaired) electrons. The number of fused-ring (bicyclic) bond motifs is 1. The van der Waals surface area contributed by atoms with Gasteiger partial charge in [-0.2, -0.15) is 4.98 Å². The first-order chi connectivity index (χ1) is 12.1. The SMILES string of the molecule is Cc1cc(O)ccc1Nc1nc(Cl)nc2scc(-c3ccccc3)c12. The molecule has 0 fully saturated rings. The first-order valence-corrected chi connectivity index (χ1v) is 8.94. The summed E-state index contributed by atoms with van der Waals surface area (Å²) in [4.78, 5) is 9.59. The Morgan fingerprint density at radius 2 is 1.88 bits per heavy atom. The number of phenols is 1. The van der Waals surface area contributed by atoms with Gasteiger partial charge in [-0.3, -0.25) is 0 Å². The van der Waals surface area contributed by atoms with E-state index in [9.17, 15) is 5.11 Å². The minimum Gasteiger partial charge on any atom is -0.508 e. The van der Waals surface area contributed by atoms with Gasteiger partial charge in [0, 0.05) is 16.6 Å². The molecule has 0 amide bonds. The van der Waals surface area contributed by atoms with Crippen molar-refractivity contribution in [3.05, 3.63) is 64.8 Å². The number of halogens is 1. The number of nitrogens with one attached hydrogen (secondary N) is 1. The summed E-state index contributed by atoms with van der Waals surface area (Å²) in [6, 6.07) is 15.3. The Morgan fingerprint density at radius 3 is 2.64 bits per heavy atom. The van der Waals surface area contributed by atoms with Crippen molar-refractivity contribution in [3.8, 4) is 16.9 Å². The quantitative estimate of drug-likeness (QED) is 0.356. The average molecular weight is 368 g/mol. The van der Waals surface area contributed by atoms with Crippen LogP contribution < -0.4 is 5.32 Å². The van der Waals surface area contributed by atoms with E-state index >= 15 is 0 Å². The van der Waals surface area contributed by atoms with Crippen LogP contribution in [0.25, 0.3) is 21.3 Å². The van der Waals surface area contributed by atoms with Gasteiger partial charge in [0.15, 0.2) is 0 Å². The minimum atomic E-state index is 0.202. The van der Waals surface area contributed by atoms with Crippen LogP contribution in [0, 0.1) is 6.92 Å². The molecule has 0 atom stereocenters. The largest absolute Gasteiger partial charge is 0.508 e. The van der Waals surface area contributed by atoms with E-state index in [0.29, 0.717) is 5.82 Å². The molecule has 25 heavy (non-hydrogen) atoms. The van der Waals surface area contributed by atoms with E-state index in [-0.39, 0.29) is 11.0 Å². The van der Waals surface area contributed by atoms with Crippen LogP contribution in [0.4, 0.5) is 11.5 Å². The Bertz CT molecular complexity index is 1060. The Kier molecular flexibility index (Phi) is 4.03. The molecule has 0 aliphatic carbocycles. The first-order valence-electron chi connectivity index (χ1n) is 7.68. The third-order valence-electron chi connectivity index (χ3n) is 3.95. The second-order valence-electron chi connectivity index (χ2n) is 5.66. The smallest absolute Gasteiger partial charge is 0.225 e. The summed E-state index contributed by atoms with van der Waals surface area (Å²) in [5, 5.41) is 16.2. The molecule has 124 valence electrons. The maximum absolute atomic E-state index is 9.61. The number of hydrogen-bond acceptors (Lipinski definition) is 5. The summed E-state index contributed by atoms with van der Waals surface area (Å²) < 4.78 is 0. The van der Waals surface area contributed by atoms with Crippen molar-refractivity contribution in [3.63, 3.8) is 0 Å². The topological polar surface area (TPSA) is 58.0 Å². The molecule has 0 aliphatic rings. The van der Waals surface area contributed by atoms with E-state index in [1.165, 1.54) is 11.3 Å². The Morgan fingerprint density at radius 1 is 1.08 bits per heavy atom. The predicted octanol–water partition coefficient (Wildman–Crippen LogP) is 5.77. The van der Waals surface area contributed by atoms with Gasteiger partial charge in [-0.15, -0.1) is 11.3 Å². The number of rotatable bonds is 3. The number of hydrogen-bond donors (Lipinski definition) is 2. The number of phenolic OH excluding ortho intramolecular Hbond substituents is 1. The maximum Gasteiger partial charge on any atom is 0.225 e. The van der Waals surface area contributed by atoms with Gasteiger partial charge < -0.3 is 10.4 Å². The van der Waals surface area contributed by atoms with Gasteiger partial charge in [0.1, 0.15) is 16.4 Å². The van der Waals surface area contributed by atoms with E-state index in [1.807, 2.05) is 31.2 Å². The van der Waals surface area contributed by atoms with E-state index in [2.05, 4.69) is 32.8 Å². The van der Waals surface area contributed by atoms with Gasteiger partial charge in [0.25, 0.3) is 0 Å². The fourth-order valence-electron chi connectivity index (χ4n) is 2.75. The summed E-state index contributed by atoms with van der Waals surface area (Å²) in [5.74, 6) is 0.887. The normalized spacial score (nSPS) is 11.0. The number of nitrogens with zero attached hydrogens (tertiary/aromatic N) is 2. The lowest BCUT2D eigenvalue weighted by Gasteiger charge is -2.11. The fourth-order valence-corrected chi connectivity index (χ4v) is 3.92. The third kappa shape index (κ3) is 3.04. The number of aromatic hydroxyl groups is 1. The van der Waals surface area contributed by atoms with Crippen LogP contribution in [0.1, 0.15) is 5.56 Å². The lowest BCUT2D eigenvalue weighted by atomic mass is 10.1. The molecule has 0 bridgehead atoms. The van der Waals surface area contributed by atoms with Gasteiger partial charge in [0.2, 0.25) is 5.28 Å². The van der Waals surface area contributed by atoms with Crippen molar-refractivity contribution >= 4 is 44.7 Å². The second kappa shape index (κ2) is 6.35. The summed E-state index contributed by atoms with van der Waals surface area (Å²) in [7, 11) is 0. The molecule has 2 N–H and O–H groups in total. The molecule has 4 aromatic rings. The Hall–Kier alpha value is -2.63. The van der Waals surface area contributed by atoms with Gasteiger partial charge in [-0.25, -0.2) is 4.98 Å². The molecular weight excluding hydrogens is 354 g/mol. The van der Waals surface area contributed by atoms with E-state index in [4.69, 9.17) is 11.6 Å². The van der Waals surface area contributed by atoms with Gasteiger partial charge in [0.05, 0.1) is 5.39 Å². The predicted molar refractivity (Wildman–Crippen MR) is 104 cm³/mol. The zero-order valence-electron chi connectivity index (χ0n) is 13.3. The van der Waals surface area contributed by atoms with Crippen LogP contribution in [0.5, 0.6) is 5.75 Å². The van der Waals surface area contributed by atoms with Crippen LogP contribution in [0.3, 0.4) is 0 Å². The Labute approximate surface area is 153 Å². The highest BCUT2D eigenvalue weighted by molar-refractivity contribution is 7.17. The summed E-state index contributed by atoms with van der Waals surface area (Å²) in [6.45, 7) is 1.92. The number of aromatic nitrogens is 2. The highest BCUT2D eigenvalue weighted by atomic mass is 35.5. The number of anilines is 2.